The number of benzene rings is 1. The maximum atomic E-state index is 9.07. The van der Waals surface area contributed by atoms with Gasteiger partial charge in [0.2, 0.25) is 0 Å². The van der Waals surface area contributed by atoms with Crippen molar-refractivity contribution in [3.8, 4) is 5.75 Å². The molecule has 0 saturated carbocycles. The summed E-state index contributed by atoms with van der Waals surface area (Å²) in [6.07, 6.45) is 2.01. The van der Waals surface area contributed by atoms with Crippen LogP contribution in [0.15, 0.2) is 24.3 Å². The molecule has 0 fully saturated rings. The van der Waals surface area contributed by atoms with E-state index in [2.05, 4.69) is 5.32 Å². The largest absolute Gasteiger partial charge is 0.508 e. The second-order valence-electron chi connectivity index (χ2n) is 2.36. The molecule has 0 heterocycles. The van der Waals surface area contributed by atoms with Gasteiger partial charge >= 0.3 is 0 Å². The SMILES string of the molecule is CNC[CH]c1cccc(O)c1. The first kappa shape index (κ1) is 8.08. The van der Waals surface area contributed by atoms with Crippen molar-refractivity contribution in [1.29, 1.82) is 0 Å². The van der Waals surface area contributed by atoms with Gasteiger partial charge in [0.25, 0.3) is 0 Å². The predicted molar refractivity (Wildman–Crippen MR) is 45.4 cm³/mol. The summed E-state index contributed by atoms with van der Waals surface area (Å²) in [5.74, 6) is 0.315. The molecule has 1 aromatic carbocycles. The lowest BCUT2D eigenvalue weighted by atomic mass is 10.1. The number of likely N-dealkylation sites (N-methyl/N-ethyl adjacent to an activating group) is 1. The van der Waals surface area contributed by atoms with Gasteiger partial charge in [-0.1, -0.05) is 12.1 Å². The molecule has 1 radical (unpaired) electrons. The van der Waals surface area contributed by atoms with Crippen molar-refractivity contribution in [1.82, 2.24) is 5.32 Å². The third kappa shape index (κ3) is 2.60. The normalized spacial score (nSPS) is 9.91. The van der Waals surface area contributed by atoms with Crippen molar-refractivity contribution in [3.05, 3.63) is 36.2 Å². The molecule has 0 amide bonds. The summed E-state index contributed by atoms with van der Waals surface area (Å²) in [5.41, 5.74) is 1.04. The number of phenolic OH excluding ortho intramolecular Hbond substituents is 1. The van der Waals surface area contributed by atoms with Crippen LogP contribution < -0.4 is 5.32 Å². The molecule has 0 bridgehead atoms. The number of hydrogen-bond acceptors (Lipinski definition) is 2. The van der Waals surface area contributed by atoms with Gasteiger partial charge in [-0.15, -0.1) is 0 Å². The Morgan fingerprint density at radius 2 is 2.36 bits per heavy atom. The minimum Gasteiger partial charge on any atom is -0.508 e. The van der Waals surface area contributed by atoms with E-state index in [1.54, 1.807) is 12.1 Å². The molecule has 2 N–H and O–H groups in total. The molecule has 0 aliphatic carbocycles. The number of nitrogens with one attached hydrogen (secondary N) is 1. The molecule has 0 spiro atoms. The number of rotatable bonds is 3. The van der Waals surface area contributed by atoms with Crippen LogP contribution >= 0.6 is 0 Å². The molecule has 0 aromatic heterocycles. The standard InChI is InChI=1S/C9H12NO/c1-10-6-5-8-3-2-4-9(11)7-8/h2-5,7,10-11H,6H2,1H3. The fraction of sp³-hybridized carbons (Fsp3) is 0.222. The van der Waals surface area contributed by atoms with Crippen LogP contribution in [-0.2, 0) is 0 Å². The smallest absolute Gasteiger partial charge is 0.115 e. The first-order chi connectivity index (χ1) is 5.33. The highest BCUT2D eigenvalue weighted by Gasteiger charge is 1.92. The molecule has 1 rings (SSSR count). The molecule has 2 nitrogen and oxygen atoms in total. The Kier molecular flexibility index (Phi) is 2.93. The average Bonchev–Trinajstić information content (AvgIpc) is 2.01. The average molecular weight is 150 g/mol. The highest BCUT2D eigenvalue weighted by Crippen LogP contribution is 2.11. The molecular weight excluding hydrogens is 138 g/mol. The zero-order chi connectivity index (χ0) is 8.10. The van der Waals surface area contributed by atoms with E-state index in [0.29, 0.717) is 5.75 Å². The predicted octanol–water partition coefficient (Wildman–Crippen LogP) is 1.16. The second kappa shape index (κ2) is 3.98. The van der Waals surface area contributed by atoms with Crippen LogP contribution in [0.1, 0.15) is 5.56 Å². The first-order valence-electron chi connectivity index (χ1n) is 3.60. The van der Waals surface area contributed by atoms with E-state index in [0.717, 1.165) is 12.1 Å². The van der Waals surface area contributed by atoms with Crippen molar-refractivity contribution < 1.29 is 5.11 Å². The molecule has 11 heavy (non-hydrogen) atoms. The molecule has 0 unspecified atom stereocenters. The Hall–Kier alpha value is -1.02. The van der Waals surface area contributed by atoms with Gasteiger partial charge in [0.15, 0.2) is 0 Å². The van der Waals surface area contributed by atoms with Gasteiger partial charge in [-0.05, 0) is 24.7 Å². The van der Waals surface area contributed by atoms with Crippen LogP contribution in [0, 0.1) is 6.42 Å². The third-order valence-corrected chi connectivity index (χ3v) is 1.41. The van der Waals surface area contributed by atoms with Gasteiger partial charge in [-0.2, -0.15) is 0 Å². The summed E-state index contributed by atoms with van der Waals surface area (Å²) in [6, 6.07) is 7.18. The Morgan fingerprint density at radius 1 is 1.55 bits per heavy atom. The second-order valence-corrected chi connectivity index (χ2v) is 2.36. The summed E-state index contributed by atoms with van der Waals surface area (Å²) in [4.78, 5) is 0. The quantitative estimate of drug-likeness (QED) is 0.677. The van der Waals surface area contributed by atoms with Crippen LogP contribution in [0.25, 0.3) is 0 Å². The Morgan fingerprint density at radius 3 is 3.00 bits per heavy atom. The van der Waals surface area contributed by atoms with Crippen LogP contribution in [-0.4, -0.2) is 18.7 Å². The maximum absolute atomic E-state index is 9.07. The summed E-state index contributed by atoms with van der Waals surface area (Å²) in [5, 5.41) is 12.1. The first-order valence-corrected chi connectivity index (χ1v) is 3.60. The van der Waals surface area contributed by atoms with E-state index in [4.69, 9.17) is 5.11 Å². The maximum Gasteiger partial charge on any atom is 0.115 e. The summed E-state index contributed by atoms with van der Waals surface area (Å²) in [6.45, 7) is 0.823. The topological polar surface area (TPSA) is 32.3 Å². The van der Waals surface area contributed by atoms with E-state index >= 15 is 0 Å². The lowest BCUT2D eigenvalue weighted by Crippen LogP contribution is -2.08. The molecule has 0 aliphatic heterocycles. The van der Waals surface area contributed by atoms with E-state index in [1.165, 1.54) is 0 Å². The van der Waals surface area contributed by atoms with E-state index in [-0.39, 0.29) is 0 Å². The Labute approximate surface area is 66.9 Å². The molecule has 0 atom stereocenters. The van der Waals surface area contributed by atoms with Crippen LogP contribution in [0.4, 0.5) is 0 Å². The molecule has 0 aliphatic rings. The lowest BCUT2D eigenvalue weighted by Gasteiger charge is -1.99. The van der Waals surface area contributed by atoms with E-state index in [1.807, 2.05) is 25.6 Å². The summed E-state index contributed by atoms with van der Waals surface area (Å²) < 4.78 is 0. The van der Waals surface area contributed by atoms with Crippen molar-refractivity contribution in [2.45, 2.75) is 0 Å². The van der Waals surface area contributed by atoms with Crippen LogP contribution in [0.5, 0.6) is 5.75 Å². The minimum atomic E-state index is 0.315. The number of hydrogen-bond donors (Lipinski definition) is 2. The summed E-state index contributed by atoms with van der Waals surface area (Å²) >= 11 is 0. The highest BCUT2D eigenvalue weighted by molar-refractivity contribution is 5.31. The van der Waals surface area contributed by atoms with Gasteiger partial charge in [0.1, 0.15) is 5.75 Å². The fourth-order valence-corrected chi connectivity index (χ4v) is 0.872. The van der Waals surface area contributed by atoms with Gasteiger partial charge in [0.05, 0.1) is 0 Å². The van der Waals surface area contributed by atoms with Crippen LogP contribution in [0.3, 0.4) is 0 Å². The van der Waals surface area contributed by atoms with Crippen molar-refractivity contribution >= 4 is 0 Å². The van der Waals surface area contributed by atoms with Crippen LogP contribution in [0.2, 0.25) is 0 Å². The monoisotopic (exact) mass is 150 g/mol. The lowest BCUT2D eigenvalue weighted by molar-refractivity contribution is 0.475. The molecule has 0 saturated heterocycles. The highest BCUT2D eigenvalue weighted by atomic mass is 16.3. The van der Waals surface area contributed by atoms with Gasteiger partial charge < -0.3 is 10.4 Å². The van der Waals surface area contributed by atoms with Crippen molar-refractivity contribution in [2.75, 3.05) is 13.6 Å². The van der Waals surface area contributed by atoms with Gasteiger partial charge in [-0.3, -0.25) is 0 Å². The fourth-order valence-electron chi connectivity index (χ4n) is 0.872. The molecule has 2 heteroatoms. The van der Waals surface area contributed by atoms with E-state index in [9.17, 15) is 0 Å². The Bertz CT molecular complexity index is 223. The van der Waals surface area contributed by atoms with Crippen molar-refractivity contribution in [2.24, 2.45) is 0 Å². The molecule has 59 valence electrons. The van der Waals surface area contributed by atoms with Crippen molar-refractivity contribution in [3.63, 3.8) is 0 Å². The zero-order valence-electron chi connectivity index (χ0n) is 6.54. The zero-order valence-corrected chi connectivity index (χ0v) is 6.54. The third-order valence-electron chi connectivity index (χ3n) is 1.41. The molecule has 1 aromatic rings. The Balaban J connectivity index is 2.56. The van der Waals surface area contributed by atoms with Gasteiger partial charge in [0, 0.05) is 13.0 Å². The van der Waals surface area contributed by atoms with Gasteiger partial charge in [-0.25, -0.2) is 0 Å². The number of aromatic hydroxyl groups is 1. The molecular formula is C9H12NO. The minimum absolute atomic E-state index is 0.315. The number of phenols is 1. The van der Waals surface area contributed by atoms with E-state index < -0.39 is 0 Å². The summed E-state index contributed by atoms with van der Waals surface area (Å²) in [7, 11) is 1.89.